The molecule has 0 radical (unpaired) electrons. The number of nitriles is 2. The van der Waals surface area contributed by atoms with Gasteiger partial charge in [-0.15, -0.1) is 0 Å². The third-order valence-electron chi connectivity index (χ3n) is 6.67. The topological polar surface area (TPSA) is 93.8 Å². The van der Waals surface area contributed by atoms with E-state index < -0.39 is 34.5 Å². The first-order chi connectivity index (χ1) is 15.1. The Morgan fingerprint density at radius 1 is 0.613 bits per heavy atom. The Bertz CT molecular complexity index is 1190. The fourth-order valence-electron chi connectivity index (χ4n) is 5.44. The molecular formula is C26H17N3O2. The minimum Gasteiger partial charge on any atom is -0.293 e. The van der Waals surface area contributed by atoms with Crippen molar-refractivity contribution in [2.45, 2.75) is 11.8 Å². The number of rotatable bonds is 2. The summed E-state index contributed by atoms with van der Waals surface area (Å²) in [4.78, 5) is 26.8. The van der Waals surface area contributed by atoms with Gasteiger partial charge in [-0.2, -0.15) is 10.5 Å². The molecule has 148 valence electrons. The normalized spacial score (nSPS) is 28.6. The van der Waals surface area contributed by atoms with Crippen LogP contribution < -0.4 is 5.32 Å². The summed E-state index contributed by atoms with van der Waals surface area (Å²) >= 11 is 0. The van der Waals surface area contributed by atoms with Crippen LogP contribution in [0.15, 0.2) is 84.9 Å². The SMILES string of the molecule is N#CC12C(=O)NC(=O)C1(C#N)C(c1ccccc1)c1ccccc1C2c1ccccc1. The Morgan fingerprint density at radius 3 is 1.32 bits per heavy atom. The van der Waals surface area contributed by atoms with Gasteiger partial charge in [-0.1, -0.05) is 84.9 Å². The minimum absolute atomic E-state index is 0.715. The predicted octanol–water partition coefficient (Wildman–Crippen LogP) is 3.64. The van der Waals surface area contributed by atoms with E-state index in [2.05, 4.69) is 17.5 Å². The molecule has 3 aromatic carbocycles. The molecule has 0 bridgehead atoms. The molecular weight excluding hydrogens is 386 g/mol. The lowest BCUT2D eigenvalue weighted by molar-refractivity contribution is -0.129. The molecule has 1 aliphatic heterocycles. The van der Waals surface area contributed by atoms with Crippen LogP contribution in [-0.4, -0.2) is 11.8 Å². The summed E-state index contributed by atoms with van der Waals surface area (Å²) in [6.45, 7) is 0. The molecule has 4 atom stereocenters. The summed E-state index contributed by atoms with van der Waals surface area (Å²) in [6, 6.07) is 30.2. The Kier molecular flexibility index (Phi) is 4.03. The van der Waals surface area contributed by atoms with Crippen LogP contribution in [0.25, 0.3) is 0 Å². The van der Waals surface area contributed by atoms with Crippen LogP contribution >= 0.6 is 0 Å². The van der Waals surface area contributed by atoms with Gasteiger partial charge >= 0.3 is 0 Å². The van der Waals surface area contributed by atoms with E-state index in [1.165, 1.54) is 0 Å². The van der Waals surface area contributed by atoms with E-state index in [0.717, 1.165) is 11.1 Å². The molecule has 31 heavy (non-hydrogen) atoms. The second-order valence-corrected chi connectivity index (χ2v) is 7.94. The standard InChI is InChI=1S/C26H17N3O2/c27-15-25-21(17-9-3-1-4-10-17)19-13-7-8-14-20(19)22(18-11-5-2-6-12-18)26(25,16-28)24(31)29-23(25)30/h1-14,21-22H,(H,29,30,31). The summed E-state index contributed by atoms with van der Waals surface area (Å²) in [6.07, 6.45) is 0. The van der Waals surface area contributed by atoms with Crippen molar-refractivity contribution < 1.29 is 9.59 Å². The third-order valence-corrected chi connectivity index (χ3v) is 6.67. The highest BCUT2D eigenvalue weighted by atomic mass is 16.2. The van der Waals surface area contributed by atoms with E-state index in [4.69, 9.17) is 0 Å². The zero-order valence-corrected chi connectivity index (χ0v) is 16.4. The van der Waals surface area contributed by atoms with Crippen LogP contribution in [-0.2, 0) is 9.59 Å². The molecule has 1 aliphatic carbocycles. The van der Waals surface area contributed by atoms with Crippen molar-refractivity contribution in [3.8, 4) is 12.1 Å². The first-order valence-electron chi connectivity index (χ1n) is 9.99. The van der Waals surface area contributed by atoms with Crippen molar-refractivity contribution in [3.63, 3.8) is 0 Å². The molecule has 0 saturated carbocycles. The smallest absolute Gasteiger partial charge is 0.250 e. The summed E-state index contributed by atoms with van der Waals surface area (Å²) in [7, 11) is 0. The van der Waals surface area contributed by atoms with Crippen LogP contribution in [0.2, 0.25) is 0 Å². The monoisotopic (exact) mass is 403 g/mol. The molecule has 1 N–H and O–H groups in total. The Balaban J connectivity index is 1.97. The lowest BCUT2D eigenvalue weighted by Gasteiger charge is -2.48. The zero-order valence-electron chi connectivity index (χ0n) is 16.4. The Morgan fingerprint density at radius 2 is 0.968 bits per heavy atom. The van der Waals surface area contributed by atoms with Crippen LogP contribution in [0.1, 0.15) is 34.1 Å². The zero-order chi connectivity index (χ0) is 21.6. The lowest BCUT2D eigenvalue weighted by Crippen LogP contribution is -2.54. The molecule has 5 nitrogen and oxygen atoms in total. The average Bonchev–Trinajstić information content (AvgIpc) is 3.05. The summed E-state index contributed by atoms with van der Waals surface area (Å²) in [5.74, 6) is -2.96. The van der Waals surface area contributed by atoms with Gasteiger partial charge in [0, 0.05) is 11.8 Å². The average molecular weight is 403 g/mol. The van der Waals surface area contributed by atoms with Crippen molar-refractivity contribution >= 4 is 11.8 Å². The number of nitrogens with zero attached hydrogens (tertiary/aromatic N) is 2. The Hall–Kier alpha value is -4.22. The maximum Gasteiger partial charge on any atom is 0.250 e. The number of nitrogens with one attached hydrogen (secondary N) is 1. The molecule has 0 aromatic heterocycles. The van der Waals surface area contributed by atoms with E-state index in [1.807, 2.05) is 84.9 Å². The number of fused-ring (bicyclic) bond motifs is 2. The first kappa shape index (κ1) is 18.8. The number of hydrogen-bond donors (Lipinski definition) is 1. The minimum atomic E-state index is -1.91. The maximum atomic E-state index is 13.4. The van der Waals surface area contributed by atoms with E-state index in [1.54, 1.807) is 0 Å². The number of hydrogen-bond acceptors (Lipinski definition) is 4. The molecule has 1 fully saturated rings. The van der Waals surface area contributed by atoms with Crippen LogP contribution in [0.4, 0.5) is 0 Å². The number of imide groups is 1. The molecule has 2 aliphatic rings. The molecule has 1 saturated heterocycles. The van der Waals surface area contributed by atoms with Gasteiger partial charge in [0.05, 0.1) is 12.1 Å². The fraction of sp³-hybridized carbons (Fsp3) is 0.154. The molecule has 2 amide bonds. The van der Waals surface area contributed by atoms with Crippen molar-refractivity contribution in [1.82, 2.24) is 5.32 Å². The van der Waals surface area contributed by atoms with Gasteiger partial charge in [-0.3, -0.25) is 14.9 Å². The van der Waals surface area contributed by atoms with Gasteiger partial charge in [0.25, 0.3) is 0 Å². The largest absolute Gasteiger partial charge is 0.293 e. The molecule has 0 spiro atoms. The molecule has 4 unspecified atom stereocenters. The number of amides is 2. The lowest BCUT2D eigenvalue weighted by atomic mass is 9.46. The van der Waals surface area contributed by atoms with Crippen LogP contribution in [0, 0.1) is 33.5 Å². The molecule has 1 heterocycles. The van der Waals surface area contributed by atoms with Crippen molar-refractivity contribution in [3.05, 3.63) is 107 Å². The van der Waals surface area contributed by atoms with Gasteiger partial charge in [0.2, 0.25) is 11.8 Å². The quantitative estimate of drug-likeness (QED) is 0.661. The molecule has 5 heteroatoms. The highest BCUT2D eigenvalue weighted by Crippen LogP contribution is 2.66. The first-order valence-corrected chi connectivity index (χ1v) is 9.99. The molecule has 5 rings (SSSR count). The fourth-order valence-corrected chi connectivity index (χ4v) is 5.44. The van der Waals surface area contributed by atoms with Gasteiger partial charge in [-0.25, -0.2) is 0 Å². The van der Waals surface area contributed by atoms with Gasteiger partial charge in [0.1, 0.15) is 0 Å². The Labute approximate surface area is 179 Å². The number of benzene rings is 3. The van der Waals surface area contributed by atoms with E-state index in [-0.39, 0.29) is 0 Å². The predicted molar refractivity (Wildman–Crippen MR) is 112 cm³/mol. The number of carbonyl (C=O) groups is 2. The van der Waals surface area contributed by atoms with Gasteiger partial charge in [0.15, 0.2) is 10.8 Å². The van der Waals surface area contributed by atoms with Crippen molar-refractivity contribution in [1.29, 1.82) is 10.5 Å². The van der Waals surface area contributed by atoms with Crippen molar-refractivity contribution in [2.24, 2.45) is 10.8 Å². The van der Waals surface area contributed by atoms with Crippen molar-refractivity contribution in [2.75, 3.05) is 0 Å². The summed E-state index contributed by atoms with van der Waals surface area (Å²) < 4.78 is 0. The third kappa shape index (κ3) is 2.18. The maximum absolute atomic E-state index is 13.4. The second kappa shape index (κ2) is 6.65. The highest BCUT2D eigenvalue weighted by molar-refractivity contribution is 6.15. The van der Waals surface area contributed by atoms with Gasteiger partial charge in [-0.05, 0) is 22.3 Å². The second-order valence-electron chi connectivity index (χ2n) is 7.94. The summed E-state index contributed by atoms with van der Waals surface area (Å²) in [5.41, 5.74) is -0.830. The summed E-state index contributed by atoms with van der Waals surface area (Å²) in [5, 5.41) is 23.4. The van der Waals surface area contributed by atoms with E-state index in [0.29, 0.717) is 11.1 Å². The molecule has 3 aromatic rings. The van der Waals surface area contributed by atoms with Crippen LogP contribution in [0.3, 0.4) is 0 Å². The van der Waals surface area contributed by atoms with E-state index in [9.17, 15) is 20.1 Å². The number of carbonyl (C=O) groups excluding carboxylic acids is 2. The van der Waals surface area contributed by atoms with E-state index >= 15 is 0 Å². The van der Waals surface area contributed by atoms with Crippen LogP contribution in [0.5, 0.6) is 0 Å². The highest BCUT2D eigenvalue weighted by Gasteiger charge is 2.76. The van der Waals surface area contributed by atoms with Gasteiger partial charge < -0.3 is 0 Å².